The molecule has 1 nitrogen and oxygen atoms in total. The summed E-state index contributed by atoms with van der Waals surface area (Å²) in [7, 11) is 0. The Morgan fingerprint density at radius 3 is 2.43 bits per heavy atom. The van der Waals surface area contributed by atoms with Crippen molar-refractivity contribution in [2.24, 2.45) is 0 Å². The zero-order chi connectivity index (χ0) is 15.6. The van der Waals surface area contributed by atoms with Gasteiger partial charge in [-0.3, -0.25) is 0 Å². The molecule has 0 radical (unpaired) electrons. The van der Waals surface area contributed by atoms with Crippen LogP contribution in [0.15, 0.2) is 36.4 Å². The summed E-state index contributed by atoms with van der Waals surface area (Å²) in [5.41, 5.74) is 3.25. The molecular weight excluding hydrogens is 303 g/mol. The lowest BCUT2D eigenvalue weighted by Gasteiger charge is -2.24. The van der Waals surface area contributed by atoms with Crippen LogP contribution in [0.3, 0.4) is 0 Å². The second kappa shape index (κ2) is 6.29. The third-order valence-electron chi connectivity index (χ3n) is 3.35. The molecule has 0 fully saturated rings. The van der Waals surface area contributed by atoms with Gasteiger partial charge in [0.2, 0.25) is 0 Å². The molecule has 0 aliphatic heterocycles. The summed E-state index contributed by atoms with van der Waals surface area (Å²) in [6.07, 6.45) is 0. The number of rotatable bonds is 3. The van der Waals surface area contributed by atoms with Gasteiger partial charge in [-0.1, -0.05) is 62.2 Å². The van der Waals surface area contributed by atoms with Crippen molar-refractivity contribution >= 4 is 23.2 Å². The Morgan fingerprint density at radius 1 is 1.10 bits per heavy atom. The number of hydrogen-bond acceptors (Lipinski definition) is 1. The zero-order valence-corrected chi connectivity index (χ0v) is 14.3. The fourth-order valence-electron chi connectivity index (χ4n) is 2.20. The van der Waals surface area contributed by atoms with Gasteiger partial charge in [0.05, 0.1) is 10.9 Å². The van der Waals surface area contributed by atoms with E-state index in [1.54, 1.807) is 0 Å². The summed E-state index contributed by atoms with van der Waals surface area (Å²) in [5, 5.41) is 0.577. The Bertz CT molecular complexity index is 642. The van der Waals surface area contributed by atoms with Gasteiger partial charge in [-0.2, -0.15) is 0 Å². The predicted molar refractivity (Wildman–Crippen MR) is 91.0 cm³/mol. The molecule has 0 saturated carbocycles. The van der Waals surface area contributed by atoms with Crippen LogP contribution in [0, 0.1) is 6.92 Å². The number of hydrogen-bond donors (Lipinski definition) is 0. The lowest BCUT2D eigenvalue weighted by molar-refractivity contribution is 0.452. The molecule has 112 valence electrons. The number of ether oxygens (including phenoxy) is 1. The molecule has 0 heterocycles. The molecule has 0 unspecified atom stereocenters. The van der Waals surface area contributed by atoms with Gasteiger partial charge in [-0.25, -0.2) is 0 Å². The van der Waals surface area contributed by atoms with Gasteiger partial charge < -0.3 is 4.74 Å². The maximum absolute atomic E-state index is 6.27. The lowest BCUT2D eigenvalue weighted by atomic mass is 9.85. The molecule has 0 aliphatic carbocycles. The Morgan fingerprint density at radius 2 is 1.81 bits per heavy atom. The highest BCUT2D eigenvalue weighted by molar-refractivity contribution is 6.32. The second-order valence-corrected chi connectivity index (χ2v) is 6.89. The summed E-state index contributed by atoms with van der Waals surface area (Å²) in [6, 6.07) is 11.8. The minimum Gasteiger partial charge on any atom is -0.455 e. The summed E-state index contributed by atoms with van der Waals surface area (Å²) in [6.45, 7) is 8.59. The van der Waals surface area contributed by atoms with E-state index in [2.05, 4.69) is 33.8 Å². The minimum atomic E-state index is -0.0102. The first-order valence-corrected chi connectivity index (χ1v) is 7.86. The van der Waals surface area contributed by atoms with Gasteiger partial charge >= 0.3 is 0 Å². The Labute approximate surface area is 136 Å². The van der Waals surface area contributed by atoms with E-state index < -0.39 is 0 Å². The van der Waals surface area contributed by atoms with E-state index in [0.29, 0.717) is 16.7 Å². The van der Waals surface area contributed by atoms with Crippen molar-refractivity contribution < 1.29 is 4.74 Å². The van der Waals surface area contributed by atoms with E-state index in [9.17, 15) is 0 Å². The second-order valence-electron chi connectivity index (χ2n) is 6.21. The van der Waals surface area contributed by atoms with E-state index in [1.165, 1.54) is 5.56 Å². The van der Waals surface area contributed by atoms with Gasteiger partial charge in [-0.05, 0) is 24.5 Å². The van der Waals surface area contributed by atoms with E-state index in [4.69, 9.17) is 27.9 Å². The van der Waals surface area contributed by atoms with Crippen molar-refractivity contribution in [3.63, 3.8) is 0 Å². The van der Waals surface area contributed by atoms with Gasteiger partial charge in [0.25, 0.3) is 0 Å². The topological polar surface area (TPSA) is 9.23 Å². The first kappa shape index (κ1) is 16.2. The average molecular weight is 323 g/mol. The van der Waals surface area contributed by atoms with Crippen LogP contribution in [0.25, 0.3) is 0 Å². The fraction of sp³-hybridized carbons (Fsp3) is 0.333. The van der Waals surface area contributed by atoms with Crippen LogP contribution in [0.4, 0.5) is 0 Å². The van der Waals surface area contributed by atoms with Gasteiger partial charge in [-0.15, -0.1) is 11.6 Å². The van der Waals surface area contributed by atoms with Crippen molar-refractivity contribution in [2.75, 3.05) is 0 Å². The number of benzene rings is 2. The lowest BCUT2D eigenvalue weighted by Crippen LogP contribution is -2.13. The minimum absolute atomic E-state index is 0.0102. The first-order chi connectivity index (χ1) is 9.82. The maximum Gasteiger partial charge on any atom is 0.150 e. The highest BCUT2D eigenvalue weighted by atomic mass is 35.5. The summed E-state index contributed by atoms with van der Waals surface area (Å²) < 4.78 is 6.13. The van der Waals surface area contributed by atoms with Crippen LogP contribution in [-0.2, 0) is 11.3 Å². The molecule has 21 heavy (non-hydrogen) atoms. The molecule has 0 N–H and O–H groups in total. The first-order valence-electron chi connectivity index (χ1n) is 6.95. The molecule has 0 bridgehead atoms. The van der Waals surface area contributed by atoms with Crippen LogP contribution < -0.4 is 4.74 Å². The molecule has 2 rings (SSSR count). The monoisotopic (exact) mass is 322 g/mol. The average Bonchev–Trinajstić information content (AvgIpc) is 2.41. The number of aryl methyl sites for hydroxylation is 1. The SMILES string of the molecule is Cc1ccc(Oc2c(Cl)cccc2CCl)c(C(C)(C)C)c1. The van der Waals surface area contributed by atoms with E-state index in [1.807, 2.05) is 30.3 Å². The van der Waals surface area contributed by atoms with Crippen molar-refractivity contribution in [1.29, 1.82) is 0 Å². The molecule has 2 aromatic carbocycles. The fourth-order valence-corrected chi connectivity index (χ4v) is 2.65. The van der Waals surface area contributed by atoms with Gasteiger partial charge in [0, 0.05) is 11.1 Å². The van der Waals surface area contributed by atoms with E-state index >= 15 is 0 Å². The van der Waals surface area contributed by atoms with Crippen molar-refractivity contribution in [2.45, 2.75) is 39.0 Å². The molecule has 0 aliphatic rings. The molecule has 0 saturated heterocycles. The smallest absolute Gasteiger partial charge is 0.150 e. The van der Waals surface area contributed by atoms with Crippen molar-refractivity contribution in [3.05, 3.63) is 58.1 Å². The zero-order valence-electron chi connectivity index (χ0n) is 12.8. The summed E-state index contributed by atoms with van der Waals surface area (Å²) >= 11 is 12.3. The number of alkyl halides is 1. The molecule has 0 atom stereocenters. The van der Waals surface area contributed by atoms with Crippen LogP contribution in [-0.4, -0.2) is 0 Å². The third kappa shape index (κ3) is 3.72. The molecule has 0 spiro atoms. The van der Waals surface area contributed by atoms with Crippen LogP contribution >= 0.6 is 23.2 Å². The van der Waals surface area contributed by atoms with Crippen LogP contribution in [0.5, 0.6) is 11.5 Å². The highest BCUT2D eigenvalue weighted by Gasteiger charge is 2.20. The number of para-hydroxylation sites is 1. The quantitative estimate of drug-likeness (QED) is 0.588. The molecular formula is C18H20Cl2O. The van der Waals surface area contributed by atoms with Crippen molar-refractivity contribution in [3.8, 4) is 11.5 Å². The van der Waals surface area contributed by atoms with Gasteiger partial charge in [0.15, 0.2) is 0 Å². The van der Waals surface area contributed by atoms with Crippen LogP contribution in [0.2, 0.25) is 5.02 Å². The molecule has 3 heteroatoms. The Hall–Kier alpha value is -1.18. The normalized spacial score (nSPS) is 11.5. The Balaban J connectivity index is 2.50. The third-order valence-corrected chi connectivity index (χ3v) is 3.93. The highest BCUT2D eigenvalue weighted by Crippen LogP contribution is 2.39. The van der Waals surface area contributed by atoms with E-state index in [0.717, 1.165) is 16.9 Å². The summed E-state index contributed by atoms with van der Waals surface area (Å²) in [5.74, 6) is 1.84. The van der Waals surface area contributed by atoms with Crippen molar-refractivity contribution in [1.82, 2.24) is 0 Å². The standard InChI is InChI=1S/C18H20Cl2O/c1-12-8-9-16(14(10-12)18(2,3)4)21-17-13(11-19)6-5-7-15(17)20/h5-10H,11H2,1-4H3. The largest absolute Gasteiger partial charge is 0.455 e. The van der Waals surface area contributed by atoms with Gasteiger partial charge in [0.1, 0.15) is 11.5 Å². The predicted octanol–water partition coefficient (Wildman–Crippen LogP) is 6.48. The molecule has 0 amide bonds. The maximum atomic E-state index is 6.27. The Kier molecular flexibility index (Phi) is 4.85. The van der Waals surface area contributed by atoms with Crippen LogP contribution in [0.1, 0.15) is 37.5 Å². The summed E-state index contributed by atoms with van der Waals surface area (Å²) in [4.78, 5) is 0. The van der Waals surface area contributed by atoms with E-state index in [-0.39, 0.29) is 5.41 Å². The number of halogens is 2. The molecule has 2 aromatic rings. The molecule has 0 aromatic heterocycles.